The van der Waals surface area contributed by atoms with E-state index >= 15 is 0 Å². The third-order valence-electron chi connectivity index (χ3n) is 6.81. The van der Waals surface area contributed by atoms with Crippen LogP contribution in [-0.4, -0.2) is 42.7 Å². The first-order chi connectivity index (χ1) is 15.6. The fourth-order valence-corrected chi connectivity index (χ4v) is 5.08. The Morgan fingerprint density at radius 2 is 1.44 bits per heavy atom. The minimum Gasteiger partial charge on any atom is -0.478 e. The molecule has 4 nitrogen and oxygen atoms in total. The highest BCUT2D eigenvalue weighted by Gasteiger charge is 2.43. The number of ether oxygens (including phenoxy) is 1. The van der Waals surface area contributed by atoms with Gasteiger partial charge in [-0.1, -0.05) is 72.8 Å². The van der Waals surface area contributed by atoms with Crippen molar-refractivity contribution in [1.82, 2.24) is 4.90 Å². The summed E-state index contributed by atoms with van der Waals surface area (Å²) < 4.78 is 6.38. The molecule has 3 aromatic carbocycles. The zero-order valence-corrected chi connectivity index (χ0v) is 18.6. The summed E-state index contributed by atoms with van der Waals surface area (Å²) in [5.74, 6) is -0.486. The summed E-state index contributed by atoms with van der Waals surface area (Å²) in [6.07, 6.45) is 3.06. The van der Waals surface area contributed by atoms with Gasteiger partial charge in [0.1, 0.15) is 5.60 Å². The Hall–Kier alpha value is -2.95. The molecule has 0 atom stereocenters. The lowest BCUT2D eigenvalue weighted by molar-refractivity contribution is -0.0506. The molecule has 0 aliphatic carbocycles. The molecule has 0 spiro atoms. The molecule has 1 N–H and O–H groups in total. The lowest BCUT2D eigenvalue weighted by atomic mass is 9.71. The van der Waals surface area contributed by atoms with Gasteiger partial charge in [-0.15, -0.1) is 0 Å². The number of likely N-dealkylation sites (tertiary alicyclic amines) is 1. The summed E-state index contributed by atoms with van der Waals surface area (Å²) in [6.45, 7) is 3.04. The van der Waals surface area contributed by atoms with Gasteiger partial charge in [-0.05, 0) is 67.1 Å². The number of carbonyl (C=O) groups is 1. The topological polar surface area (TPSA) is 49.8 Å². The number of rotatable bonds is 8. The molecule has 3 aromatic rings. The highest BCUT2D eigenvalue weighted by Crippen LogP contribution is 2.44. The lowest BCUT2D eigenvalue weighted by Gasteiger charge is -2.44. The second-order valence-corrected chi connectivity index (χ2v) is 8.54. The molecule has 1 aliphatic rings. The summed E-state index contributed by atoms with van der Waals surface area (Å²) in [7, 11) is 1.84. The van der Waals surface area contributed by atoms with Gasteiger partial charge in [0.25, 0.3) is 0 Å². The van der Waals surface area contributed by atoms with Gasteiger partial charge in [0.15, 0.2) is 0 Å². The molecule has 32 heavy (non-hydrogen) atoms. The Morgan fingerprint density at radius 3 is 1.91 bits per heavy atom. The van der Waals surface area contributed by atoms with Gasteiger partial charge in [-0.25, -0.2) is 4.79 Å². The Morgan fingerprint density at radius 1 is 0.906 bits per heavy atom. The van der Waals surface area contributed by atoms with Crippen LogP contribution in [0.15, 0.2) is 84.9 Å². The van der Waals surface area contributed by atoms with Gasteiger partial charge in [-0.3, -0.25) is 0 Å². The van der Waals surface area contributed by atoms with Crippen LogP contribution in [0.5, 0.6) is 0 Å². The summed E-state index contributed by atoms with van der Waals surface area (Å²) in [5, 5.41) is 9.07. The minimum atomic E-state index is -0.878. The average Bonchev–Trinajstić information content (AvgIpc) is 2.86. The molecule has 4 heteroatoms. The van der Waals surface area contributed by atoms with Crippen LogP contribution in [0.4, 0.5) is 0 Å². The summed E-state index contributed by atoms with van der Waals surface area (Å²) in [6, 6.07) is 28.5. The summed E-state index contributed by atoms with van der Waals surface area (Å²) >= 11 is 0. The zero-order valence-electron chi connectivity index (χ0n) is 18.6. The summed E-state index contributed by atoms with van der Waals surface area (Å²) in [4.78, 5) is 13.6. The van der Waals surface area contributed by atoms with Gasteiger partial charge in [0.05, 0.1) is 5.56 Å². The third-order valence-corrected chi connectivity index (χ3v) is 6.81. The predicted molar refractivity (Wildman–Crippen MR) is 127 cm³/mol. The number of methoxy groups -OCH3 is 1. The van der Waals surface area contributed by atoms with Crippen LogP contribution in [0, 0.1) is 5.92 Å². The number of carboxylic acids is 1. The van der Waals surface area contributed by atoms with Crippen molar-refractivity contribution in [2.24, 2.45) is 5.92 Å². The molecule has 1 aliphatic heterocycles. The normalized spacial score (nSPS) is 15.5. The molecule has 0 radical (unpaired) electrons. The molecule has 1 saturated heterocycles. The lowest BCUT2D eigenvalue weighted by Crippen LogP contribution is -2.45. The maximum Gasteiger partial charge on any atom is 0.335 e. The van der Waals surface area contributed by atoms with Crippen LogP contribution in [0.2, 0.25) is 0 Å². The molecule has 166 valence electrons. The number of hydrogen-bond donors (Lipinski definition) is 1. The van der Waals surface area contributed by atoms with Gasteiger partial charge in [-0.2, -0.15) is 0 Å². The quantitative estimate of drug-likeness (QED) is 0.533. The van der Waals surface area contributed by atoms with Crippen molar-refractivity contribution in [1.29, 1.82) is 0 Å². The van der Waals surface area contributed by atoms with Crippen molar-refractivity contribution in [3.8, 4) is 0 Å². The van der Waals surface area contributed by atoms with E-state index < -0.39 is 11.6 Å². The average molecular weight is 430 g/mol. The standard InChI is InChI=1S/C28H31NO3/c1-32-28(24-8-4-2-5-9-24,25-10-6-3-7-11-25)26-17-20-29(21-18-26)19-16-22-12-14-23(15-13-22)27(30)31/h2-15,26H,16-21H2,1H3,(H,30,31). The number of benzene rings is 3. The molecular weight excluding hydrogens is 398 g/mol. The maximum atomic E-state index is 11.0. The van der Waals surface area contributed by atoms with E-state index in [1.807, 2.05) is 19.2 Å². The fourth-order valence-electron chi connectivity index (χ4n) is 5.08. The third kappa shape index (κ3) is 4.62. The van der Waals surface area contributed by atoms with Crippen molar-refractivity contribution in [3.63, 3.8) is 0 Å². The van der Waals surface area contributed by atoms with Crippen LogP contribution in [0.3, 0.4) is 0 Å². The Balaban J connectivity index is 1.45. The van der Waals surface area contributed by atoms with Crippen molar-refractivity contribution in [3.05, 3.63) is 107 Å². The van der Waals surface area contributed by atoms with Crippen molar-refractivity contribution in [2.75, 3.05) is 26.7 Å². The summed E-state index contributed by atoms with van der Waals surface area (Å²) in [5.41, 5.74) is 3.50. The van der Waals surface area contributed by atoms with E-state index in [1.54, 1.807) is 12.1 Å². The maximum absolute atomic E-state index is 11.0. The molecule has 0 unspecified atom stereocenters. The van der Waals surface area contributed by atoms with Crippen molar-refractivity contribution >= 4 is 5.97 Å². The van der Waals surface area contributed by atoms with E-state index in [9.17, 15) is 4.79 Å². The molecule has 0 amide bonds. The molecule has 0 aromatic heterocycles. The molecule has 0 saturated carbocycles. The van der Waals surface area contributed by atoms with E-state index in [0.717, 1.165) is 38.9 Å². The van der Waals surface area contributed by atoms with E-state index in [2.05, 4.69) is 65.6 Å². The van der Waals surface area contributed by atoms with Gasteiger partial charge in [0, 0.05) is 13.7 Å². The smallest absolute Gasteiger partial charge is 0.335 e. The predicted octanol–water partition coefficient (Wildman–Crippen LogP) is 5.23. The van der Waals surface area contributed by atoms with Crippen LogP contribution in [0.25, 0.3) is 0 Å². The van der Waals surface area contributed by atoms with Crippen LogP contribution >= 0.6 is 0 Å². The SMILES string of the molecule is COC(c1ccccc1)(c1ccccc1)C1CCN(CCc2ccc(C(=O)O)cc2)CC1. The molecular formula is C28H31NO3. The monoisotopic (exact) mass is 429 g/mol. The molecule has 1 heterocycles. The van der Waals surface area contributed by atoms with E-state index in [1.165, 1.54) is 16.7 Å². The Labute approximate surface area is 190 Å². The zero-order chi connectivity index (χ0) is 22.4. The van der Waals surface area contributed by atoms with Crippen LogP contribution in [0.1, 0.15) is 39.9 Å². The molecule has 4 rings (SSSR count). The van der Waals surface area contributed by atoms with Gasteiger partial charge >= 0.3 is 5.97 Å². The first-order valence-corrected chi connectivity index (χ1v) is 11.3. The highest BCUT2D eigenvalue weighted by molar-refractivity contribution is 5.87. The highest BCUT2D eigenvalue weighted by atomic mass is 16.5. The van der Waals surface area contributed by atoms with Gasteiger partial charge in [0.2, 0.25) is 0 Å². The van der Waals surface area contributed by atoms with E-state index in [-0.39, 0.29) is 0 Å². The van der Waals surface area contributed by atoms with Crippen molar-refractivity contribution in [2.45, 2.75) is 24.9 Å². The number of piperidine rings is 1. The second-order valence-electron chi connectivity index (χ2n) is 8.54. The van der Waals surface area contributed by atoms with Gasteiger partial charge < -0.3 is 14.7 Å². The van der Waals surface area contributed by atoms with E-state index in [4.69, 9.17) is 9.84 Å². The first-order valence-electron chi connectivity index (χ1n) is 11.3. The molecule has 1 fully saturated rings. The first kappa shape index (κ1) is 22.3. The van der Waals surface area contributed by atoms with Crippen LogP contribution < -0.4 is 0 Å². The fraction of sp³-hybridized carbons (Fsp3) is 0.321. The second kappa shape index (κ2) is 10.1. The van der Waals surface area contributed by atoms with Crippen molar-refractivity contribution < 1.29 is 14.6 Å². The Kier molecular flexibility index (Phi) is 7.03. The molecule has 0 bridgehead atoms. The Bertz CT molecular complexity index is 954. The number of carboxylic acid groups (broad SMARTS) is 1. The largest absolute Gasteiger partial charge is 0.478 e. The number of hydrogen-bond acceptors (Lipinski definition) is 3. The minimum absolute atomic E-state index is 0.340. The van der Waals surface area contributed by atoms with Crippen LogP contribution in [-0.2, 0) is 16.8 Å². The number of nitrogens with zero attached hydrogens (tertiary/aromatic N) is 1. The number of aromatic carboxylic acids is 1. The van der Waals surface area contributed by atoms with E-state index in [0.29, 0.717) is 11.5 Å².